The molecule has 2 aliphatic rings. The predicted molar refractivity (Wildman–Crippen MR) is 77.7 cm³/mol. The molecule has 1 unspecified atom stereocenters. The highest BCUT2D eigenvalue weighted by Gasteiger charge is 2.49. The molecule has 18 heavy (non-hydrogen) atoms. The molecule has 0 aromatic rings. The second kappa shape index (κ2) is 6.29. The number of amides is 1. The van der Waals surface area contributed by atoms with Gasteiger partial charge in [-0.25, -0.2) is 0 Å². The van der Waals surface area contributed by atoms with E-state index in [-0.39, 0.29) is 5.91 Å². The molecule has 0 heterocycles. The normalized spacial score (nSPS) is 24.1. The third-order valence-corrected chi connectivity index (χ3v) is 5.82. The molecule has 2 rings (SSSR count). The molecule has 1 amide bonds. The second-order valence-electron chi connectivity index (χ2n) is 5.75. The Kier molecular flexibility index (Phi) is 4.96. The third-order valence-electron chi connectivity index (χ3n) is 4.25. The molecule has 104 valence electrons. The van der Waals surface area contributed by atoms with Crippen molar-refractivity contribution in [3.8, 4) is 0 Å². The molecular weight excluding hydrogens is 244 g/mol. The van der Waals surface area contributed by atoms with Crippen molar-refractivity contribution in [1.82, 2.24) is 5.32 Å². The summed E-state index contributed by atoms with van der Waals surface area (Å²) >= 11 is 1.97. The molecule has 0 spiro atoms. The lowest BCUT2D eigenvalue weighted by Crippen LogP contribution is -2.59. The first-order chi connectivity index (χ1) is 8.69. The van der Waals surface area contributed by atoms with Gasteiger partial charge in [0.1, 0.15) is 5.54 Å². The maximum atomic E-state index is 12.0. The summed E-state index contributed by atoms with van der Waals surface area (Å²) in [5.41, 5.74) is 5.30. The summed E-state index contributed by atoms with van der Waals surface area (Å²) in [6.45, 7) is 3.03. The van der Waals surface area contributed by atoms with Gasteiger partial charge in [0.25, 0.3) is 0 Å². The molecule has 0 saturated heterocycles. The van der Waals surface area contributed by atoms with Crippen molar-refractivity contribution in [3.63, 3.8) is 0 Å². The number of nitrogens with two attached hydrogens (primary N) is 1. The largest absolute Gasteiger partial charge is 0.368 e. The molecule has 0 bridgehead atoms. The Labute approximate surface area is 115 Å². The minimum absolute atomic E-state index is 0.135. The van der Waals surface area contributed by atoms with E-state index in [4.69, 9.17) is 5.73 Å². The van der Waals surface area contributed by atoms with Crippen molar-refractivity contribution >= 4 is 17.7 Å². The number of carbonyl (C=O) groups is 1. The molecular formula is C14H26N2OS. The van der Waals surface area contributed by atoms with E-state index in [0.717, 1.165) is 36.8 Å². The standard InChI is InChI=1S/C14H26N2OS/c1-2-9-16-14(13(15)17,11-7-8-11)10-18-12-5-3-4-6-12/h11-12,16H,2-10H2,1H3,(H2,15,17). The first-order valence-corrected chi connectivity index (χ1v) is 8.40. The first kappa shape index (κ1) is 14.2. The van der Waals surface area contributed by atoms with Crippen LogP contribution < -0.4 is 11.1 Å². The van der Waals surface area contributed by atoms with Gasteiger partial charge >= 0.3 is 0 Å². The molecule has 3 nitrogen and oxygen atoms in total. The minimum Gasteiger partial charge on any atom is -0.368 e. The number of hydrogen-bond donors (Lipinski definition) is 2. The van der Waals surface area contributed by atoms with Crippen LogP contribution in [0.2, 0.25) is 0 Å². The van der Waals surface area contributed by atoms with Crippen molar-refractivity contribution in [1.29, 1.82) is 0 Å². The van der Waals surface area contributed by atoms with Crippen LogP contribution in [0.4, 0.5) is 0 Å². The van der Waals surface area contributed by atoms with Crippen LogP contribution in [0.15, 0.2) is 0 Å². The quantitative estimate of drug-likeness (QED) is 0.711. The molecule has 4 heteroatoms. The molecule has 2 fully saturated rings. The van der Waals surface area contributed by atoms with Gasteiger partial charge in [0, 0.05) is 11.0 Å². The zero-order valence-electron chi connectivity index (χ0n) is 11.4. The minimum atomic E-state index is -0.427. The van der Waals surface area contributed by atoms with E-state index in [1.165, 1.54) is 25.7 Å². The van der Waals surface area contributed by atoms with E-state index in [1.54, 1.807) is 0 Å². The Balaban J connectivity index is 1.95. The van der Waals surface area contributed by atoms with Gasteiger partial charge in [0.2, 0.25) is 5.91 Å². The van der Waals surface area contributed by atoms with Crippen molar-refractivity contribution in [3.05, 3.63) is 0 Å². The summed E-state index contributed by atoms with van der Waals surface area (Å²) in [5, 5.41) is 4.23. The SMILES string of the molecule is CCCNC(CSC1CCCC1)(C(N)=O)C1CC1. The zero-order chi connectivity index (χ0) is 13.0. The Morgan fingerprint density at radius 1 is 1.33 bits per heavy atom. The van der Waals surface area contributed by atoms with Gasteiger partial charge in [-0.2, -0.15) is 11.8 Å². The molecule has 0 aromatic heterocycles. The van der Waals surface area contributed by atoms with E-state index in [9.17, 15) is 4.79 Å². The molecule has 0 aliphatic heterocycles. The summed E-state index contributed by atoms with van der Waals surface area (Å²) in [5.74, 6) is 1.22. The van der Waals surface area contributed by atoms with E-state index in [2.05, 4.69) is 12.2 Å². The lowest BCUT2D eigenvalue weighted by Gasteiger charge is -2.32. The van der Waals surface area contributed by atoms with Crippen molar-refractivity contribution in [2.45, 2.75) is 62.7 Å². The number of thioether (sulfide) groups is 1. The van der Waals surface area contributed by atoms with Gasteiger partial charge in [-0.15, -0.1) is 0 Å². The lowest BCUT2D eigenvalue weighted by molar-refractivity contribution is -0.124. The highest BCUT2D eigenvalue weighted by Crippen LogP contribution is 2.43. The van der Waals surface area contributed by atoms with Crippen LogP contribution in [0.25, 0.3) is 0 Å². The Morgan fingerprint density at radius 2 is 2.00 bits per heavy atom. The summed E-state index contributed by atoms with van der Waals surface area (Å²) in [4.78, 5) is 12.0. The molecule has 0 aromatic carbocycles. The topological polar surface area (TPSA) is 55.1 Å². The number of nitrogens with one attached hydrogen (secondary N) is 1. The summed E-state index contributed by atoms with van der Waals surface area (Å²) in [6.07, 6.45) is 8.71. The van der Waals surface area contributed by atoms with Gasteiger partial charge in [-0.3, -0.25) is 4.79 Å². The van der Waals surface area contributed by atoms with Crippen LogP contribution in [0.1, 0.15) is 51.9 Å². The van der Waals surface area contributed by atoms with Crippen LogP contribution in [0.5, 0.6) is 0 Å². The molecule has 0 radical (unpaired) electrons. The third kappa shape index (κ3) is 3.21. The smallest absolute Gasteiger partial charge is 0.238 e. The average Bonchev–Trinajstić information content (AvgIpc) is 3.07. The van der Waals surface area contributed by atoms with Gasteiger partial charge < -0.3 is 11.1 Å². The van der Waals surface area contributed by atoms with E-state index in [0.29, 0.717) is 5.92 Å². The van der Waals surface area contributed by atoms with Crippen molar-refractivity contribution < 1.29 is 4.79 Å². The fraction of sp³-hybridized carbons (Fsp3) is 0.929. The maximum Gasteiger partial charge on any atom is 0.238 e. The highest BCUT2D eigenvalue weighted by molar-refractivity contribution is 8.00. The van der Waals surface area contributed by atoms with Crippen molar-refractivity contribution in [2.24, 2.45) is 11.7 Å². The molecule has 1 atom stereocenters. The zero-order valence-corrected chi connectivity index (χ0v) is 12.2. The maximum absolute atomic E-state index is 12.0. The van der Waals surface area contributed by atoms with Crippen LogP contribution >= 0.6 is 11.8 Å². The number of primary amides is 1. The molecule has 3 N–H and O–H groups in total. The van der Waals surface area contributed by atoms with Crippen LogP contribution in [-0.4, -0.2) is 29.0 Å². The predicted octanol–water partition coefficient (Wildman–Crippen LogP) is 2.30. The van der Waals surface area contributed by atoms with E-state index in [1.807, 2.05) is 11.8 Å². The monoisotopic (exact) mass is 270 g/mol. The summed E-state index contributed by atoms with van der Waals surface area (Å²) < 4.78 is 0. The van der Waals surface area contributed by atoms with E-state index < -0.39 is 5.54 Å². The Bertz CT molecular complexity index is 288. The highest BCUT2D eigenvalue weighted by atomic mass is 32.2. The fourth-order valence-corrected chi connectivity index (χ4v) is 4.55. The molecule has 2 aliphatic carbocycles. The summed E-state index contributed by atoms with van der Waals surface area (Å²) in [6, 6.07) is 0. The van der Waals surface area contributed by atoms with Gasteiger partial charge in [-0.1, -0.05) is 19.8 Å². The van der Waals surface area contributed by atoms with Crippen LogP contribution in [0, 0.1) is 5.92 Å². The second-order valence-corrected chi connectivity index (χ2v) is 7.04. The van der Waals surface area contributed by atoms with Gasteiger partial charge in [0.15, 0.2) is 0 Å². The van der Waals surface area contributed by atoms with Gasteiger partial charge in [-0.05, 0) is 44.6 Å². The lowest BCUT2D eigenvalue weighted by atomic mass is 9.94. The first-order valence-electron chi connectivity index (χ1n) is 7.35. The van der Waals surface area contributed by atoms with E-state index >= 15 is 0 Å². The van der Waals surface area contributed by atoms with Gasteiger partial charge in [0.05, 0.1) is 0 Å². The summed E-state index contributed by atoms with van der Waals surface area (Å²) in [7, 11) is 0. The fourth-order valence-electron chi connectivity index (χ4n) is 2.90. The van der Waals surface area contributed by atoms with Crippen LogP contribution in [-0.2, 0) is 4.79 Å². The number of hydrogen-bond acceptors (Lipinski definition) is 3. The Morgan fingerprint density at radius 3 is 2.50 bits per heavy atom. The molecule has 2 saturated carbocycles. The average molecular weight is 270 g/mol. The van der Waals surface area contributed by atoms with Crippen molar-refractivity contribution in [2.75, 3.05) is 12.3 Å². The Hall–Kier alpha value is -0.220. The van der Waals surface area contributed by atoms with Crippen LogP contribution in [0.3, 0.4) is 0 Å². The number of rotatable bonds is 8. The number of carbonyl (C=O) groups excluding carboxylic acids is 1.